The van der Waals surface area contributed by atoms with Crippen LogP contribution in [0.1, 0.15) is 16.9 Å². The normalized spacial score (nSPS) is 11.7. The number of benzene rings is 1. The number of fused-ring (bicyclic) bond motifs is 1. The van der Waals surface area contributed by atoms with Crippen LogP contribution in [-0.4, -0.2) is 32.2 Å². The summed E-state index contributed by atoms with van der Waals surface area (Å²) in [5, 5.41) is 0.733. The van der Waals surface area contributed by atoms with Crippen molar-refractivity contribution in [2.45, 2.75) is 19.5 Å². The summed E-state index contributed by atoms with van der Waals surface area (Å²) in [5.41, 5.74) is 6.84. The van der Waals surface area contributed by atoms with E-state index in [-0.39, 0.29) is 5.82 Å². The second kappa shape index (κ2) is 7.13. The summed E-state index contributed by atoms with van der Waals surface area (Å²) in [6.07, 6.45) is 0.968. The maximum absolute atomic E-state index is 14.1. The molecule has 20 heavy (non-hydrogen) atoms. The summed E-state index contributed by atoms with van der Waals surface area (Å²) in [4.78, 5) is 3.26. The van der Waals surface area contributed by atoms with Gasteiger partial charge in [-0.3, -0.25) is 0 Å². The molecule has 2 rings (SSSR count). The van der Waals surface area contributed by atoms with Crippen molar-refractivity contribution < 1.29 is 9.13 Å². The van der Waals surface area contributed by atoms with Crippen LogP contribution in [0.5, 0.6) is 0 Å². The molecule has 2 aromatic rings. The van der Waals surface area contributed by atoms with Gasteiger partial charge in [0.25, 0.3) is 0 Å². The van der Waals surface area contributed by atoms with E-state index in [1.54, 1.807) is 24.5 Å². The zero-order valence-corrected chi connectivity index (χ0v) is 12.8. The van der Waals surface area contributed by atoms with Gasteiger partial charge in [0.2, 0.25) is 0 Å². The highest BCUT2D eigenvalue weighted by atomic mass is 32.1. The van der Waals surface area contributed by atoms with Gasteiger partial charge in [0, 0.05) is 48.3 Å². The first-order valence-corrected chi connectivity index (χ1v) is 7.55. The average Bonchev–Trinajstić information content (AvgIpc) is 2.78. The van der Waals surface area contributed by atoms with E-state index in [1.165, 1.54) is 6.07 Å². The Morgan fingerprint density at radius 1 is 1.40 bits per heavy atom. The van der Waals surface area contributed by atoms with Crippen molar-refractivity contribution >= 4 is 21.4 Å². The van der Waals surface area contributed by atoms with E-state index < -0.39 is 0 Å². The smallest absolute Gasteiger partial charge is 0.132 e. The van der Waals surface area contributed by atoms with Crippen LogP contribution < -0.4 is 5.73 Å². The third-order valence-electron chi connectivity index (χ3n) is 3.35. The van der Waals surface area contributed by atoms with Gasteiger partial charge in [-0.1, -0.05) is 6.07 Å². The number of ether oxygens (including phenoxy) is 1. The third-order valence-corrected chi connectivity index (χ3v) is 4.57. The molecule has 110 valence electrons. The maximum Gasteiger partial charge on any atom is 0.132 e. The molecular weight excluding hydrogens is 275 g/mol. The molecule has 1 aromatic heterocycles. The number of rotatable bonds is 7. The number of hydrogen-bond donors (Lipinski definition) is 1. The highest BCUT2D eigenvalue weighted by Crippen LogP contribution is 2.33. The Bertz CT molecular complexity index is 570. The Balaban J connectivity index is 2.23. The van der Waals surface area contributed by atoms with Crippen molar-refractivity contribution in [1.29, 1.82) is 0 Å². The SMILES string of the molecule is COCCCN(C)Cc1c(CN)sc2cccc(F)c12. The van der Waals surface area contributed by atoms with Gasteiger partial charge < -0.3 is 15.4 Å². The minimum atomic E-state index is -0.154. The zero-order valence-electron chi connectivity index (χ0n) is 12.0. The lowest BCUT2D eigenvalue weighted by molar-refractivity contribution is 0.178. The number of methoxy groups -OCH3 is 1. The Morgan fingerprint density at radius 3 is 2.90 bits per heavy atom. The molecule has 0 aliphatic carbocycles. The highest BCUT2D eigenvalue weighted by Gasteiger charge is 2.15. The van der Waals surface area contributed by atoms with E-state index >= 15 is 0 Å². The largest absolute Gasteiger partial charge is 0.385 e. The van der Waals surface area contributed by atoms with Crippen molar-refractivity contribution in [1.82, 2.24) is 4.90 Å². The number of nitrogens with two attached hydrogens (primary N) is 1. The molecule has 0 spiro atoms. The predicted octanol–water partition coefficient (Wildman–Crippen LogP) is 2.97. The topological polar surface area (TPSA) is 38.5 Å². The standard InChI is InChI=1S/C15H21FN2OS/c1-18(7-4-8-19-2)10-11-14(9-17)20-13-6-3-5-12(16)15(11)13/h3,5-6H,4,7-10,17H2,1-2H3. The van der Waals surface area contributed by atoms with Crippen LogP contribution in [0.4, 0.5) is 4.39 Å². The van der Waals surface area contributed by atoms with Gasteiger partial charge >= 0.3 is 0 Å². The van der Waals surface area contributed by atoms with Crippen LogP contribution in [0.25, 0.3) is 10.1 Å². The molecule has 2 N–H and O–H groups in total. The monoisotopic (exact) mass is 296 g/mol. The fraction of sp³-hybridized carbons (Fsp3) is 0.467. The zero-order chi connectivity index (χ0) is 14.5. The minimum Gasteiger partial charge on any atom is -0.385 e. The number of nitrogens with zero attached hydrogens (tertiary/aromatic N) is 1. The van der Waals surface area contributed by atoms with Crippen molar-refractivity contribution in [3.05, 3.63) is 34.5 Å². The van der Waals surface area contributed by atoms with E-state index in [0.717, 1.165) is 46.6 Å². The maximum atomic E-state index is 14.1. The van der Waals surface area contributed by atoms with E-state index in [4.69, 9.17) is 10.5 Å². The van der Waals surface area contributed by atoms with Gasteiger partial charge in [0.1, 0.15) is 5.82 Å². The van der Waals surface area contributed by atoms with Crippen LogP contribution in [-0.2, 0) is 17.8 Å². The van der Waals surface area contributed by atoms with Gasteiger partial charge in [-0.15, -0.1) is 11.3 Å². The second-order valence-corrected chi connectivity index (χ2v) is 6.04. The Kier molecular flexibility index (Phi) is 5.48. The number of halogens is 1. The molecule has 1 aromatic carbocycles. The van der Waals surface area contributed by atoms with Crippen molar-refractivity contribution in [2.75, 3.05) is 27.3 Å². The molecule has 0 amide bonds. The first-order chi connectivity index (χ1) is 9.67. The molecule has 5 heteroatoms. The summed E-state index contributed by atoms with van der Waals surface area (Å²) in [6.45, 7) is 2.84. The molecule has 0 aliphatic heterocycles. The number of thiophene rings is 1. The van der Waals surface area contributed by atoms with Gasteiger partial charge in [-0.25, -0.2) is 4.39 Å². The van der Waals surface area contributed by atoms with E-state index in [1.807, 2.05) is 13.1 Å². The van der Waals surface area contributed by atoms with Gasteiger partial charge in [0.15, 0.2) is 0 Å². The first-order valence-electron chi connectivity index (χ1n) is 6.73. The van der Waals surface area contributed by atoms with Crippen LogP contribution in [0.3, 0.4) is 0 Å². The quantitative estimate of drug-likeness (QED) is 0.798. The van der Waals surface area contributed by atoms with Crippen LogP contribution in [0, 0.1) is 5.82 Å². The Labute approximate surface area is 123 Å². The first kappa shape index (κ1) is 15.4. The number of hydrogen-bond acceptors (Lipinski definition) is 4. The molecule has 0 atom stereocenters. The van der Waals surface area contributed by atoms with E-state index in [2.05, 4.69) is 4.90 Å². The molecule has 0 saturated carbocycles. The molecule has 0 aliphatic rings. The van der Waals surface area contributed by atoms with Crippen LogP contribution in [0.2, 0.25) is 0 Å². The summed E-state index contributed by atoms with van der Waals surface area (Å²) in [6, 6.07) is 5.22. The average molecular weight is 296 g/mol. The van der Waals surface area contributed by atoms with Crippen molar-refractivity contribution in [2.24, 2.45) is 5.73 Å². The van der Waals surface area contributed by atoms with E-state index in [0.29, 0.717) is 6.54 Å². The molecule has 0 unspecified atom stereocenters. The van der Waals surface area contributed by atoms with Crippen LogP contribution in [0.15, 0.2) is 18.2 Å². The predicted molar refractivity (Wildman–Crippen MR) is 82.5 cm³/mol. The minimum absolute atomic E-state index is 0.154. The fourth-order valence-corrected chi connectivity index (χ4v) is 3.48. The summed E-state index contributed by atoms with van der Waals surface area (Å²) < 4.78 is 20.1. The van der Waals surface area contributed by atoms with Crippen molar-refractivity contribution in [3.8, 4) is 0 Å². The lowest BCUT2D eigenvalue weighted by atomic mass is 10.1. The molecule has 1 heterocycles. The molecule has 3 nitrogen and oxygen atoms in total. The third kappa shape index (κ3) is 3.35. The molecule has 0 saturated heterocycles. The summed E-state index contributed by atoms with van der Waals surface area (Å²) in [5.74, 6) is -0.154. The van der Waals surface area contributed by atoms with E-state index in [9.17, 15) is 4.39 Å². The lowest BCUT2D eigenvalue weighted by Gasteiger charge is -2.17. The summed E-state index contributed by atoms with van der Waals surface area (Å²) >= 11 is 1.59. The van der Waals surface area contributed by atoms with Crippen LogP contribution >= 0.6 is 11.3 Å². The molecular formula is C15H21FN2OS. The lowest BCUT2D eigenvalue weighted by Crippen LogP contribution is -2.21. The highest BCUT2D eigenvalue weighted by molar-refractivity contribution is 7.19. The Hall–Kier alpha value is -1.01. The molecule has 0 radical (unpaired) electrons. The second-order valence-electron chi connectivity index (χ2n) is 4.91. The van der Waals surface area contributed by atoms with Crippen molar-refractivity contribution in [3.63, 3.8) is 0 Å². The fourth-order valence-electron chi connectivity index (χ4n) is 2.38. The summed E-state index contributed by atoms with van der Waals surface area (Å²) in [7, 11) is 3.74. The van der Waals surface area contributed by atoms with Gasteiger partial charge in [-0.2, -0.15) is 0 Å². The molecule has 0 bridgehead atoms. The Morgan fingerprint density at radius 2 is 2.20 bits per heavy atom. The van der Waals surface area contributed by atoms with Gasteiger partial charge in [-0.05, 0) is 31.2 Å². The molecule has 0 fully saturated rings. The van der Waals surface area contributed by atoms with Gasteiger partial charge in [0.05, 0.1) is 0 Å².